The largest absolute Gasteiger partial charge is 0.483 e. The van der Waals surface area contributed by atoms with E-state index < -0.39 is 17.4 Å². The number of aldehydes is 2. The highest BCUT2D eigenvalue weighted by atomic mass is 19.1. The minimum atomic E-state index is -1.05. The van der Waals surface area contributed by atoms with Gasteiger partial charge in [-0.05, 0) is 17.7 Å². The Morgan fingerprint density at radius 1 is 0.950 bits per heavy atom. The Labute approximate surface area is 113 Å². The molecule has 2 aromatic carbocycles. The molecular formula is C15H10F2O3. The van der Waals surface area contributed by atoms with Crippen LogP contribution in [-0.4, -0.2) is 12.6 Å². The molecule has 0 N–H and O–H groups in total. The monoisotopic (exact) mass is 276 g/mol. The van der Waals surface area contributed by atoms with E-state index in [1.807, 2.05) is 0 Å². The van der Waals surface area contributed by atoms with Gasteiger partial charge in [-0.15, -0.1) is 0 Å². The highest BCUT2D eigenvalue weighted by Crippen LogP contribution is 2.25. The number of hydrogen-bond acceptors (Lipinski definition) is 3. The Morgan fingerprint density at radius 3 is 2.35 bits per heavy atom. The zero-order valence-electron chi connectivity index (χ0n) is 10.3. The van der Waals surface area contributed by atoms with Gasteiger partial charge < -0.3 is 4.74 Å². The summed E-state index contributed by atoms with van der Waals surface area (Å²) in [5, 5.41) is 0. The number of halogens is 2. The van der Waals surface area contributed by atoms with Crippen molar-refractivity contribution in [2.45, 2.75) is 6.61 Å². The van der Waals surface area contributed by atoms with E-state index in [0.29, 0.717) is 17.4 Å². The van der Waals surface area contributed by atoms with Crippen molar-refractivity contribution in [3.05, 3.63) is 64.7 Å². The Morgan fingerprint density at radius 2 is 1.65 bits per heavy atom. The molecule has 0 spiro atoms. The van der Waals surface area contributed by atoms with E-state index in [2.05, 4.69) is 0 Å². The van der Waals surface area contributed by atoms with Gasteiger partial charge in [0.2, 0.25) is 0 Å². The maximum atomic E-state index is 13.8. The van der Waals surface area contributed by atoms with E-state index in [9.17, 15) is 18.4 Å². The van der Waals surface area contributed by atoms with E-state index >= 15 is 0 Å². The van der Waals surface area contributed by atoms with Crippen molar-refractivity contribution in [1.29, 1.82) is 0 Å². The predicted molar refractivity (Wildman–Crippen MR) is 67.9 cm³/mol. The minimum Gasteiger partial charge on any atom is -0.483 e. The van der Waals surface area contributed by atoms with Crippen LogP contribution in [0.5, 0.6) is 5.75 Å². The zero-order chi connectivity index (χ0) is 14.5. The van der Waals surface area contributed by atoms with Crippen LogP contribution in [0.15, 0.2) is 36.4 Å². The normalized spacial score (nSPS) is 10.1. The first-order valence-electron chi connectivity index (χ1n) is 5.76. The van der Waals surface area contributed by atoms with Gasteiger partial charge >= 0.3 is 0 Å². The molecule has 0 saturated carbocycles. The molecule has 5 heteroatoms. The molecule has 0 heterocycles. The van der Waals surface area contributed by atoms with Crippen LogP contribution in [0.4, 0.5) is 8.78 Å². The summed E-state index contributed by atoms with van der Waals surface area (Å²) in [6.07, 6.45) is 0.911. The lowest BCUT2D eigenvalue weighted by atomic mass is 10.1. The Bertz CT molecular complexity index is 654. The third-order valence-electron chi connectivity index (χ3n) is 2.76. The molecule has 3 nitrogen and oxygen atoms in total. The van der Waals surface area contributed by atoms with Crippen molar-refractivity contribution < 1.29 is 23.1 Å². The summed E-state index contributed by atoms with van der Waals surface area (Å²) in [7, 11) is 0. The zero-order valence-corrected chi connectivity index (χ0v) is 10.3. The number of carbonyl (C=O) groups is 2. The summed E-state index contributed by atoms with van der Waals surface area (Å²) in [6, 6.07) is 8.52. The second kappa shape index (κ2) is 6.06. The molecule has 0 aliphatic heterocycles. The number of ether oxygens (including phenoxy) is 1. The van der Waals surface area contributed by atoms with Crippen LogP contribution in [0.25, 0.3) is 0 Å². The highest BCUT2D eigenvalue weighted by Gasteiger charge is 2.15. The lowest BCUT2D eigenvalue weighted by Crippen LogP contribution is -2.04. The second-order valence-electron chi connectivity index (χ2n) is 4.00. The molecule has 0 atom stereocenters. The van der Waals surface area contributed by atoms with E-state index in [1.54, 1.807) is 24.3 Å². The third kappa shape index (κ3) is 2.71. The molecule has 2 aromatic rings. The fourth-order valence-corrected chi connectivity index (χ4v) is 1.70. The van der Waals surface area contributed by atoms with Crippen LogP contribution in [-0.2, 0) is 6.61 Å². The minimum absolute atomic E-state index is 0.176. The van der Waals surface area contributed by atoms with Gasteiger partial charge in [0.15, 0.2) is 23.7 Å². The Kier molecular flexibility index (Phi) is 4.20. The number of rotatable bonds is 5. The van der Waals surface area contributed by atoms with Crippen LogP contribution in [0.3, 0.4) is 0 Å². The van der Waals surface area contributed by atoms with Crippen LogP contribution < -0.4 is 4.74 Å². The van der Waals surface area contributed by atoms with E-state index in [0.717, 1.165) is 12.1 Å². The summed E-state index contributed by atoms with van der Waals surface area (Å²) in [5.74, 6) is -2.59. The highest BCUT2D eigenvalue weighted by molar-refractivity contribution is 5.77. The molecular weight excluding hydrogens is 266 g/mol. The average molecular weight is 276 g/mol. The standard InChI is InChI=1S/C15H10F2O3/c16-13-6-5-11(8-19)14(17)15(13)20-9-12-4-2-1-3-10(12)7-18/h1-8H,9H2. The number of benzene rings is 2. The van der Waals surface area contributed by atoms with Gasteiger partial charge in [-0.2, -0.15) is 0 Å². The molecule has 0 aliphatic rings. The Hall–Kier alpha value is -2.56. The van der Waals surface area contributed by atoms with Crippen molar-refractivity contribution in [2.75, 3.05) is 0 Å². The van der Waals surface area contributed by atoms with E-state index in [4.69, 9.17) is 4.74 Å². The fourth-order valence-electron chi connectivity index (χ4n) is 1.70. The molecule has 0 aliphatic carbocycles. The van der Waals surface area contributed by atoms with Crippen molar-refractivity contribution in [2.24, 2.45) is 0 Å². The molecule has 0 bridgehead atoms. The van der Waals surface area contributed by atoms with Gasteiger partial charge in [0.1, 0.15) is 12.9 Å². The van der Waals surface area contributed by atoms with Crippen LogP contribution in [0, 0.1) is 11.6 Å². The quantitative estimate of drug-likeness (QED) is 0.788. The molecule has 0 aromatic heterocycles. The summed E-state index contributed by atoms with van der Waals surface area (Å²) in [4.78, 5) is 21.4. The number of carbonyl (C=O) groups excluding carboxylic acids is 2. The van der Waals surface area contributed by atoms with E-state index in [-0.39, 0.29) is 18.5 Å². The number of hydrogen-bond donors (Lipinski definition) is 0. The second-order valence-corrected chi connectivity index (χ2v) is 4.00. The van der Waals surface area contributed by atoms with Crippen molar-refractivity contribution in [3.63, 3.8) is 0 Å². The van der Waals surface area contributed by atoms with Gasteiger partial charge in [0, 0.05) is 5.56 Å². The summed E-state index contributed by atoms with van der Waals surface area (Å²) in [6.45, 7) is -0.176. The first-order valence-corrected chi connectivity index (χ1v) is 5.76. The summed E-state index contributed by atoms with van der Waals surface area (Å²) < 4.78 is 32.3. The average Bonchev–Trinajstić information content (AvgIpc) is 2.47. The van der Waals surface area contributed by atoms with Crippen LogP contribution in [0.2, 0.25) is 0 Å². The van der Waals surface area contributed by atoms with Gasteiger partial charge in [-0.1, -0.05) is 24.3 Å². The fraction of sp³-hybridized carbons (Fsp3) is 0.0667. The first-order chi connectivity index (χ1) is 9.67. The molecule has 102 valence electrons. The first kappa shape index (κ1) is 13.9. The van der Waals surface area contributed by atoms with Crippen molar-refractivity contribution >= 4 is 12.6 Å². The molecule has 0 amide bonds. The van der Waals surface area contributed by atoms with Crippen molar-refractivity contribution in [1.82, 2.24) is 0 Å². The molecule has 2 rings (SSSR count). The van der Waals surface area contributed by atoms with Gasteiger partial charge in [0.05, 0.1) is 5.56 Å². The smallest absolute Gasteiger partial charge is 0.191 e. The summed E-state index contributed by atoms with van der Waals surface area (Å²) in [5.41, 5.74) is 0.586. The van der Waals surface area contributed by atoms with Crippen molar-refractivity contribution in [3.8, 4) is 5.75 Å². The van der Waals surface area contributed by atoms with Crippen LogP contribution >= 0.6 is 0 Å². The lowest BCUT2D eigenvalue weighted by Gasteiger charge is -2.10. The SMILES string of the molecule is O=Cc1ccccc1COc1c(F)ccc(C=O)c1F. The molecule has 0 fully saturated rings. The molecule has 20 heavy (non-hydrogen) atoms. The van der Waals surface area contributed by atoms with Gasteiger partial charge in [0.25, 0.3) is 0 Å². The Balaban J connectivity index is 2.27. The summed E-state index contributed by atoms with van der Waals surface area (Å²) >= 11 is 0. The molecule has 0 radical (unpaired) electrons. The maximum absolute atomic E-state index is 13.8. The molecule has 0 unspecified atom stereocenters. The molecule has 0 saturated heterocycles. The van der Waals surface area contributed by atoms with Gasteiger partial charge in [-0.3, -0.25) is 9.59 Å². The maximum Gasteiger partial charge on any atom is 0.191 e. The van der Waals surface area contributed by atoms with Crippen LogP contribution in [0.1, 0.15) is 26.3 Å². The predicted octanol–water partition coefficient (Wildman–Crippen LogP) is 3.17. The van der Waals surface area contributed by atoms with E-state index in [1.165, 1.54) is 0 Å². The third-order valence-corrected chi connectivity index (χ3v) is 2.76. The topological polar surface area (TPSA) is 43.4 Å². The van der Waals surface area contributed by atoms with Gasteiger partial charge in [-0.25, -0.2) is 8.78 Å². The lowest BCUT2D eigenvalue weighted by molar-refractivity contribution is 0.111.